The van der Waals surface area contributed by atoms with Gasteiger partial charge in [0.25, 0.3) is 0 Å². The van der Waals surface area contributed by atoms with Gasteiger partial charge in [-0.3, -0.25) is 0 Å². The van der Waals surface area contributed by atoms with Crippen molar-refractivity contribution in [3.63, 3.8) is 0 Å². The summed E-state index contributed by atoms with van der Waals surface area (Å²) in [5, 5.41) is 0. The van der Waals surface area contributed by atoms with E-state index in [1.165, 1.54) is 36.8 Å². The van der Waals surface area contributed by atoms with Gasteiger partial charge in [0.15, 0.2) is 0 Å². The summed E-state index contributed by atoms with van der Waals surface area (Å²) < 4.78 is 0. The van der Waals surface area contributed by atoms with E-state index in [1.54, 1.807) is 0 Å². The highest BCUT2D eigenvalue weighted by molar-refractivity contribution is 5.35. The van der Waals surface area contributed by atoms with Gasteiger partial charge in [0.1, 0.15) is 0 Å². The zero-order valence-electron chi connectivity index (χ0n) is 13.3. The molecule has 1 unspecified atom stereocenters. The lowest BCUT2D eigenvalue weighted by atomic mass is 9.83. The van der Waals surface area contributed by atoms with Gasteiger partial charge in [-0.05, 0) is 23.5 Å². The van der Waals surface area contributed by atoms with E-state index < -0.39 is 0 Å². The highest BCUT2D eigenvalue weighted by atomic mass is 14.2. The molecule has 0 amide bonds. The van der Waals surface area contributed by atoms with Crippen molar-refractivity contribution < 1.29 is 0 Å². The van der Waals surface area contributed by atoms with Crippen molar-refractivity contribution in [2.45, 2.75) is 45.4 Å². The van der Waals surface area contributed by atoms with E-state index in [0.717, 1.165) is 0 Å². The number of hydrogen-bond donors (Lipinski definition) is 0. The fourth-order valence-electron chi connectivity index (χ4n) is 2.88. The molecule has 0 saturated heterocycles. The van der Waals surface area contributed by atoms with E-state index in [-0.39, 0.29) is 0 Å². The van der Waals surface area contributed by atoms with Gasteiger partial charge in [-0.1, -0.05) is 100 Å². The van der Waals surface area contributed by atoms with Gasteiger partial charge < -0.3 is 0 Å². The molecule has 2 aromatic rings. The minimum atomic E-state index is 0.407. The minimum absolute atomic E-state index is 0.407. The number of benzene rings is 2. The number of rotatable bonds is 8. The first-order valence-electron chi connectivity index (χ1n) is 8.26. The average molecular weight is 279 g/mol. The normalized spacial score (nSPS) is 12.5. The molecule has 0 saturated carbocycles. The standard InChI is InChI=1S/C21H27/c1-3-4-7-12-18(2)17-21(19-13-8-5-9-14-19)20-15-10-6-11-16-20/h5-6,8-11,13-18,21H,3-4,7,12H2,1-2H3. The van der Waals surface area contributed by atoms with Crippen LogP contribution >= 0.6 is 0 Å². The van der Waals surface area contributed by atoms with Crippen molar-refractivity contribution in [3.8, 4) is 0 Å². The maximum absolute atomic E-state index is 2.53. The summed E-state index contributed by atoms with van der Waals surface area (Å²) in [6.45, 7) is 4.62. The largest absolute Gasteiger partial charge is 0.0654 e. The Hall–Kier alpha value is -1.56. The molecule has 0 aliphatic carbocycles. The molecule has 0 aliphatic heterocycles. The van der Waals surface area contributed by atoms with Crippen LogP contribution in [0.4, 0.5) is 0 Å². The summed E-state index contributed by atoms with van der Waals surface area (Å²) in [5.74, 6) is 1.06. The third-order valence-corrected chi connectivity index (χ3v) is 4.10. The fourth-order valence-corrected chi connectivity index (χ4v) is 2.88. The SMILES string of the molecule is CCCCCC(C)[CH]C(c1ccccc1)c1ccccc1. The van der Waals surface area contributed by atoms with Crippen molar-refractivity contribution >= 4 is 0 Å². The lowest BCUT2D eigenvalue weighted by Gasteiger charge is -2.22. The quantitative estimate of drug-likeness (QED) is 0.502. The van der Waals surface area contributed by atoms with Gasteiger partial charge >= 0.3 is 0 Å². The van der Waals surface area contributed by atoms with Crippen molar-refractivity contribution in [2.75, 3.05) is 0 Å². The Bertz CT molecular complexity index is 446. The summed E-state index contributed by atoms with van der Waals surface area (Å²) in [7, 11) is 0. The average Bonchev–Trinajstić information content (AvgIpc) is 2.54. The molecule has 0 aliphatic rings. The molecule has 1 atom stereocenters. The Morgan fingerprint density at radius 1 is 0.810 bits per heavy atom. The first-order valence-corrected chi connectivity index (χ1v) is 8.26. The summed E-state index contributed by atoms with van der Waals surface area (Å²) >= 11 is 0. The molecule has 2 rings (SSSR count). The molecule has 0 heteroatoms. The second-order valence-electron chi connectivity index (χ2n) is 5.96. The van der Waals surface area contributed by atoms with Crippen LogP contribution in [0.15, 0.2) is 60.7 Å². The molecule has 0 fully saturated rings. The Labute approximate surface area is 130 Å². The molecular formula is C21H27. The molecule has 0 N–H and O–H groups in total. The second kappa shape index (κ2) is 8.67. The van der Waals surface area contributed by atoms with Crippen LogP contribution in [-0.2, 0) is 0 Å². The predicted molar refractivity (Wildman–Crippen MR) is 92.3 cm³/mol. The third kappa shape index (κ3) is 5.04. The van der Waals surface area contributed by atoms with Crippen LogP contribution in [0.1, 0.15) is 56.6 Å². The monoisotopic (exact) mass is 279 g/mol. The lowest BCUT2D eigenvalue weighted by molar-refractivity contribution is 0.529. The smallest absolute Gasteiger partial charge is 0.0123 e. The van der Waals surface area contributed by atoms with Crippen LogP contribution in [0.3, 0.4) is 0 Å². The van der Waals surface area contributed by atoms with Crippen molar-refractivity contribution in [2.24, 2.45) is 5.92 Å². The van der Waals surface area contributed by atoms with Crippen LogP contribution in [0.2, 0.25) is 0 Å². The summed E-state index contributed by atoms with van der Waals surface area (Å²) in [6, 6.07) is 21.7. The lowest BCUT2D eigenvalue weighted by Crippen LogP contribution is -2.08. The molecule has 0 heterocycles. The van der Waals surface area contributed by atoms with Crippen LogP contribution in [-0.4, -0.2) is 0 Å². The minimum Gasteiger partial charge on any atom is -0.0654 e. The van der Waals surface area contributed by atoms with E-state index in [4.69, 9.17) is 0 Å². The third-order valence-electron chi connectivity index (χ3n) is 4.10. The van der Waals surface area contributed by atoms with Gasteiger partial charge in [-0.15, -0.1) is 0 Å². The molecule has 2 aromatic carbocycles. The van der Waals surface area contributed by atoms with Crippen LogP contribution < -0.4 is 0 Å². The van der Waals surface area contributed by atoms with E-state index >= 15 is 0 Å². The van der Waals surface area contributed by atoms with Crippen molar-refractivity contribution in [3.05, 3.63) is 78.2 Å². The Kier molecular flexibility index (Phi) is 6.53. The number of unbranched alkanes of at least 4 members (excludes halogenated alkanes) is 2. The summed E-state index contributed by atoms with van der Waals surface area (Å²) in [4.78, 5) is 0. The van der Waals surface area contributed by atoms with E-state index in [9.17, 15) is 0 Å². The molecule has 0 aromatic heterocycles. The van der Waals surface area contributed by atoms with Crippen LogP contribution in [0.25, 0.3) is 0 Å². The fraction of sp³-hybridized carbons (Fsp3) is 0.381. The second-order valence-corrected chi connectivity index (χ2v) is 5.96. The van der Waals surface area contributed by atoms with Gasteiger partial charge in [-0.25, -0.2) is 0 Å². The maximum Gasteiger partial charge on any atom is 0.0123 e. The zero-order valence-corrected chi connectivity index (χ0v) is 13.3. The highest BCUT2D eigenvalue weighted by Gasteiger charge is 2.17. The Morgan fingerprint density at radius 2 is 1.33 bits per heavy atom. The molecule has 21 heavy (non-hydrogen) atoms. The van der Waals surface area contributed by atoms with Crippen LogP contribution in [0.5, 0.6) is 0 Å². The maximum atomic E-state index is 2.53. The van der Waals surface area contributed by atoms with Gasteiger partial charge in [0.2, 0.25) is 0 Å². The molecule has 1 radical (unpaired) electrons. The summed E-state index contributed by atoms with van der Waals surface area (Å²) in [6.07, 6.45) is 7.81. The molecular weight excluding hydrogens is 252 g/mol. The van der Waals surface area contributed by atoms with E-state index in [0.29, 0.717) is 11.8 Å². The van der Waals surface area contributed by atoms with Crippen LogP contribution in [0, 0.1) is 12.3 Å². The predicted octanol–water partition coefficient (Wildman–Crippen LogP) is 6.24. The van der Waals surface area contributed by atoms with E-state index in [1.807, 2.05) is 0 Å². The van der Waals surface area contributed by atoms with Crippen molar-refractivity contribution in [1.82, 2.24) is 0 Å². The number of hydrogen-bond acceptors (Lipinski definition) is 0. The van der Waals surface area contributed by atoms with Crippen molar-refractivity contribution in [1.29, 1.82) is 0 Å². The molecule has 111 valence electrons. The van der Waals surface area contributed by atoms with E-state index in [2.05, 4.69) is 80.9 Å². The first kappa shape index (κ1) is 15.8. The van der Waals surface area contributed by atoms with Gasteiger partial charge in [0, 0.05) is 5.92 Å². The molecule has 0 nitrogen and oxygen atoms in total. The molecule has 0 spiro atoms. The molecule has 0 bridgehead atoms. The topological polar surface area (TPSA) is 0 Å². The Morgan fingerprint density at radius 3 is 1.81 bits per heavy atom. The zero-order chi connectivity index (χ0) is 14.9. The summed E-state index contributed by atoms with van der Waals surface area (Å²) in [5.41, 5.74) is 2.79. The first-order chi connectivity index (χ1) is 10.3. The van der Waals surface area contributed by atoms with Gasteiger partial charge in [0.05, 0.1) is 0 Å². The Balaban J connectivity index is 2.10. The van der Waals surface area contributed by atoms with Gasteiger partial charge in [-0.2, -0.15) is 0 Å². The highest BCUT2D eigenvalue weighted by Crippen LogP contribution is 2.31.